The second-order valence-corrected chi connectivity index (χ2v) is 6.71. The Morgan fingerprint density at radius 2 is 1.92 bits per heavy atom. The number of aliphatic carboxylic acids is 1. The number of amides is 1. The Labute approximate surface area is 143 Å². The molecular weight excluding hydrogens is 339 g/mol. The molecule has 1 aromatic heterocycles. The van der Waals surface area contributed by atoms with Crippen molar-refractivity contribution in [2.75, 3.05) is 13.1 Å². The number of hydrogen-bond acceptors (Lipinski definition) is 3. The van der Waals surface area contributed by atoms with Gasteiger partial charge in [-0.3, -0.25) is 14.3 Å². The van der Waals surface area contributed by atoms with Crippen LogP contribution in [0.1, 0.15) is 23.9 Å². The molecule has 2 heterocycles. The lowest BCUT2D eigenvalue weighted by Crippen LogP contribution is -2.36. The molecule has 1 saturated heterocycles. The summed E-state index contributed by atoms with van der Waals surface area (Å²) in [6.45, 7) is 4.31. The van der Waals surface area contributed by atoms with Gasteiger partial charge >= 0.3 is 12.1 Å². The normalized spacial score (nSPS) is 22.3. The van der Waals surface area contributed by atoms with Gasteiger partial charge in [-0.25, -0.2) is 0 Å². The molecule has 140 valence electrons. The molecule has 1 fully saturated rings. The lowest BCUT2D eigenvalue weighted by atomic mass is 9.96. The van der Waals surface area contributed by atoms with Crippen LogP contribution in [-0.4, -0.2) is 50.9 Å². The van der Waals surface area contributed by atoms with Gasteiger partial charge in [-0.2, -0.15) is 18.3 Å². The molecule has 6 nitrogen and oxygen atoms in total. The maximum Gasteiger partial charge on any atom is 0.394 e. The van der Waals surface area contributed by atoms with Crippen molar-refractivity contribution in [2.24, 2.45) is 24.8 Å². The largest absolute Gasteiger partial charge is 0.481 e. The van der Waals surface area contributed by atoms with Gasteiger partial charge in [-0.1, -0.05) is 6.92 Å². The number of aromatic nitrogens is 2. The molecular formula is C16H22F3N3O3. The van der Waals surface area contributed by atoms with E-state index in [1.54, 1.807) is 18.7 Å². The number of carbonyl (C=O) groups is 2. The average molecular weight is 361 g/mol. The number of likely N-dealkylation sites (tertiary alicyclic amines) is 1. The van der Waals surface area contributed by atoms with E-state index < -0.39 is 48.9 Å². The highest BCUT2D eigenvalue weighted by Crippen LogP contribution is 2.38. The van der Waals surface area contributed by atoms with E-state index in [0.29, 0.717) is 6.42 Å². The molecule has 1 aliphatic heterocycles. The number of carboxylic acid groups (broad SMARTS) is 1. The van der Waals surface area contributed by atoms with Crippen molar-refractivity contribution in [2.45, 2.75) is 33.4 Å². The molecule has 1 amide bonds. The quantitative estimate of drug-likeness (QED) is 0.889. The topological polar surface area (TPSA) is 75.4 Å². The van der Waals surface area contributed by atoms with Gasteiger partial charge < -0.3 is 10.0 Å². The number of rotatable bonds is 4. The average Bonchev–Trinajstić information content (AvgIpc) is 3.04. The van der Waals surface area contributed by atoms with Gasteiger partial charge in [0, 0.05) is 31.7 Å². The van der Waals surface area contributed by atoms with Crippen molar-refractivity contribution in [1.29, 1.82) is 0 Å². The zero-order valence-corrected chi connectivity index (χ0v) is 14.6. The van der Waals surface area contributed by atoms with Crippen LogP contribution in [0.5, 0.6) is 0 Å². The van der Waals surface area contributed by atoms with E-state index >= 15 is 0 Å². The van der Waals surface area contributed by atoms with Crippen LogP contribution in [0.2, 0.25) is 0 Å². The first-order valence-corrected chi connectivity index (χ1v) is 8.00. The summed E-state index contributed by atoms with van der Waals surface area (Å²) in [7, 11) is 1.78. The Hall–Kier alpha value is -2.06. The summed E-state index contributed by atoms with van der Waals surface area (Å²) in [5, 5.41) is 13.3. The van der Waals surface area contributed by atoms with Crippen LogP contribution in [0.3, 0.4) is 0 Å². The van der Waals surface area contributed by atoms with Gasteiger partial charge in [0.2, 0.25) is 5.91 Å². The van der Waals surface area contributed by atoms with Crippen LogP contribution in [0.4, 0.5) is 13.2 Å². The molecule has 1 aliphatic rings. The number of halogens is 3. The Balaban J connectivity index is 2.13. The lowest BCUT2D eigenvalue weighted by Gasteiger charge is -2.21. The number of carbonyl (C=O) groups excluding carboxylic acids is 1. The summed E-state index contributed by atoms with van der Waals surface area (Å²) in [5.41, 5.74) is 2.57. The lowest BCUT2D eigenvalue weighted by molar-refractivity contribution is -0.188. The summed E-state index contributed by atoms with van der Waals surface area (Å²) in [6.07, 6.45) is -4.28. The summed E-state index contributed by atoms with van der Waals surface area (Å²) in [4.78, 5) is 24.7. The second-order valence-electron chi connectivity index (χ2n) is 6.71. The third-order valence-corrected chi connectivity index (χ3v) is 4.96. The van der Waals surface area contributed by atoms with Crippen LogP contribution < -0.4 is 0 Å². The summed E-state index contributed by atoms with van der Waals surface area (Å²) in [5.74, 6) is -6.17. The Morgan fingerprint density at radius 3 is 2.32 bits per heavy atom. The molecule has 1 aromatic rings. The molecule has 0 saturated carbocycles. The first kappa shape index (κ1) is 19.3. The minimum Gasteiger partial charge on any atom is -0.481 e. The molecule has 1 unspecified atom stereocenters. The fraction of sp³-hybridized carbons (Fsp3) is 0.688. The minimum absolute atomic E-state index is 0.356. The van der Waals surface area contributed by atoms with E-state index in [4.69, 9.17) is 5.11 Å². The van der Waals surface area contributed by atoms with Crippen LogP contribution >= 0.6 is 0 Å². The Kier molecular flexibility index (Phi) is 5.15. The van der Waals surface area contributed by atoms with Gasteiger partial charge in [0.15, 0.2) is 0 Å². The molecule has 0 aliphatic carbocycles. The van der Waals surface area contributed by atoms with Gasteiger partial charge in [-0.05, 0) is 25.8 Å². The Bertz CT molecular complexity index is 684. The minimum atomic E-state index is -4.64. The molecule has 0 bridgehead atoms. The van der Waals surface area contributed by atoms with Crippen molar-refractivity contribution < 1.29 is 27.9 Å². The highest BCUT2D eigenvalue weighted by atomic mass is 19.4. The van der Waals surface area contributed by atoms with Crippen molar-refractivity contribution >= 4 is 11.9 Å². The van der Waals surface area contributed by atoms with Crippen molar-refractivity contribution in [3.8, 4) is 0 Å². The summed E-state index contributed by atoms with van der Waals surface area (Å²) >= 11 is 0. The molecule has 25 heavy (non-hydrogen) atoms. The number of alkyl halides is 3. The monoisotopic (exact) mass is 361 g/mol. The number of nitrogens with zero attached hydrogens (tertiary/aromatic N) is 3. The molecule has 0 aromatic carbocycles. The third-order valence-electron chi connectivity index (χ3n) is 4.96. The van der Waals surface area contributed by atoms with Crippen LogP contribution in [-0.2, 0) is 23.1 Å². The predicted octanol–water partition coefficient (Wildman–Crippen LogP) is 1.94. The standard InChI is InChI=1S/C16H22F3N3O3/c1-8(5-11-9(2)20-21(4)10(11)3)14(23)22-6-12(15(24)25)13(7-22)16(17,18)19/h8,12-13H,5-7H2,1-4H3,(H,24,25)/t8?,12-,13-/m1/s1. The zero-order valence-electron chi connectivity index (χ0n) is 14.6. The highest BCUT2D eigenvalue weighted by molar-refractivity contribution is 5.81. The summed E-state index contributed by atoms with van der Waals surface area (Å²) < 4.78 is 40.8. The number of hydrogen-bond donors (Lipinski definition) is 1. The van der Waals surface area contributed by atoms with Crippen molar-refractivity contribution in [3.63, 3.8) is 0 Å². The van der Waals surface area contributed by atoms with E-state index in [-0.39, 0.29) is 0 Å². The fourth-order valence-electron chi connectivity index (χ4n) is 3.38. The van der Waals surface area contributed by atoms with E-state index in [0.717, 1.165) is 21.9 Å². The third kappa shape index (κ3) is 3.80. The maximum absolute atomic E-state index is 13.1. The molecule has 9 heteroatoms. The first-order valence-electron chi connectivity index (χ1n) is 8.00. The second kappa shape index (κ2) is 6.68. The molecule has 0 spiro atoms. The van der Waals surface area contributed by atoms with Gasteiger partial charge in [0.25, 0.3) is 0 Å². The first-order chi connectivity index (χ1) is 11.4. The van der Waals surface area contributed by atoms with Gasteiger partial charge in [-0.15, -0.1) is 0 Å². The maximum atomic E-state index is 13.1. The molecule has 2 rings (SSSR count). The van der Waals surface area contributed by atoms with E-state index in [9.17, 15) is 22.8 Å². The smallest absolute Gasteiger partial charge is 0.394 e. The van der Waals surface area contributed by atoms with Crippen LogP contribution in [0.25, 0.3) is 0 Å². The molecule has 0 radical (unpaired) electrons. The van der Waals surface area contributed by atoms with E-state index in [1.807, 2.05) is 13.8 Å². The van der Waals surface area contributed by atoms with E-state index in [2.05, 4.69) is 5.10 Å². The van der Waals surface area contributed by atoms with Crippen LogP contribution in [0.15, 0.2) is 0 Å². The highest BCUT2D eigenvalue weighted by Gasteiger charge is 2.53. The van der Waals surface area contributed by atoms with Gasteiger partial charge in [0.1, 0.15) is 0 Å². The van der Waals surface area contributed by atoms with Gasteiger partial charge in [0.05, 0.1) is 17.5 Å². The SMILES string of the molecule is Cc1nn(C)c(C)c1CC(C)C(=O)N1C[C@@H](C(F)(F)F)[C@H](C(=O)O)C1. The fourth-order valence-corrected chi connectivity index (χ4v) is 3.38. The van der Waals surface area contributed by atoms with Crippen molar-refractivity contribution in [1.82, 2.24) is 14.7 Å². The molecule has 3 atom stereocenters. The number of aryl methyl sites for hydroxylation is 2. The predicted molar refractivity (Wildman–Crippen MR) is 82.8 cm³/mol. The zero-order chi connectivity index (χ0) is 19.1. The number of carboxylic acids is 1. The van der Waals surface area contributed by atoms with E-state index in [1.165, 1.54) is 0 Å². The summed E-state index contributed by atoms with van der Waals surface area (Å²) in [6, 6.07) is 0. The Morgan fingerprint density at radius 1 is 1.32 bits per heavy atom. The molecule has 1 N–H and O–H groups in total. The van der Waals surface area contributed by atoms with Crippen LogP contribution in [0, 0.1) is 31.6 Å². The van der Waals surface area contributed by atoms with Crippen molar-refractivity contribution in [3.05, 3.63) is 17.0 Å².